The van der Waals surface area contributed by atoms with Crippen molar-refractivity contribution in [2.75, 3.05) is 0 Å². The van der Waals surface area contributed by atoms with E-state index in [2.05, 4.69) is 0 Å². The van der Waals surface area contributed by atoms with Crippen molar-refractivity contribution in [3.8, 4) is 0 Å². The highest BCUT2D eigenvalue weighted by Gasteiger charge is 2.38. The van der Waals surface area contributed by atoms with Crippen molar-refractivity contribution >= 4 is 5.78 Å². The zero-order valence-corrected chi connectivity index (χ0v) is 6.42. The summed E-state index contributed by atoms with van der Waals surface area (Å²) in [5, 5.41) is 8.80. The molecule has 0 unspecified atom stereocenters. The molecule has 3 saturated carbocycles. The standard InChI is InChI=1S/C9H12O2/c10-5-8-6-1-3-7(4-2-6)9(8)11/h5-7,10H,1-4H2. The first kappa shape index (κ1) is 6.89. The Hall–Kier alpha value is -0.790. The van der Waals surface area contributed by atoms with Crippen LogP contribution in [-0.4, -0.2) is 10.9 Å². The van der Waals surface area contributed by atoms with Crippen LogP contribution in [0, 0.1) is 11.8 Å². The molecule has 0 heterocycles. The summed E-state index contributed by atoms with van der Waals surface area (Å²) in [6.45, 7) is 0. The molecular weight excluding hydrogens is 140 g/mol. The van der Waals surface area contributed by atoms with Gasteiger partial charge in [0.15, 0.2) is 5.78 Å². The predicted octanol–water partition coefficient (Wildman–Crippen LogP) is 1.82. The van der Waals surface area contributed by atoms with Crippen LogP contribution >= 0.6 is 0 Å². The molecule has 0 aromatic rings. The minimum Gasteiger partial charge on any atom is -0.515 e. The maximum absolute atomic E-state index is 11.4. The molecule has 3 aliphatic carbocycles. The van der Waals surface area contributed by atoms with Gasteiger partial charge >= 0.3 is 0 Å². The molecule has 11 heavy (non-hydrogen) atoms. The molecule has 0 radical (unpaired) electrons. The Labute approximate surface area is 65.9 Å². The van der Waals surface area contributed by atoms with Crippen molar-refractivity contribution in [2.24, 2.45) is 11.8 Å². The molecule has 3 aliphatic rings. The number of carbonyl (C=O) groups is 1. The second-order valence-electron chi connectivity index (χ2n) is 3.50. The minimum absolute atomic E-state index is 0.204. The SMILES string of the molecule is O=C1C(=CO)C2CCC1CC2. The summed E-state index contributed by atoms with van der Waals surface area (Å²) in [6, 6.07) is 0. The first-order valence-corrected chi connectivity index (χ1v) is 4.21. The maximum Gasteiger partial charge on any atom is 0.165 e. The number of ketones is 1. The zero-order valence-electron chi connectivity index (χ0n) is 6.42. The van der Waals surface area contributed by atoms with Gasteiger partial charge in [0.1, 0.15) is 0 Å². The lowest BCUT2D eigenvalue weighted by Gasteiger charge is -2.35. The normalized spacial score (nSPS) is 40.0. The Bertz CT molecular complexity index is 210. The highest BCUT2D eigenvalue weighted by molar-refractivity contribution is 5.98. The van der Waals surface area contributed by atoms with Gasteiger partial charge < -0.3 is 5.11 Å². The van der Waals surface area contributed by atoms with Gasteiger partial charge in [-0.2, -0.15) is 0 Å². The van der Waals surface area contributed by atoms with Crippen molar-refractivity contribution in [1.29, 1.82) is 0 Å². The molecule has 0 amide bonds. The molecule has 0 aromatic heterocycles. The van der Waals surface area contributed by atoms with Gasteiger partial charge in [0.2, 0.25) is 0 Å². The van der Waals surface area contributed by atoms with Crippen molar-refractivity contribution in [2.45, 2.75) is 25.7 Å². The van der Waals surface area contributed by atoms with Crippen LogP contribution in [0.1, 0.15) is 25.7 Å². The number of carbonyl (C=O) groups excluding carboxylic acids is 1. The third-order valence-corrected chi connectivity index (χ3v) is 2.96. The topological polar surface area (TPSA) is 37.3 Å². The number of rotatable bonds is 0. The Morgan fingerprint density at radius 3 is 2.09 bits per heavy atom. The second kappa shape index (κ2) is 2.36. The largest absolute Gasteiger partial charge is 0.515 e. The third kappa shape index (κ3) is 0.889. The fraction of sp³-hybridized carbons (Fsp3) is 0.667. The van der Waals surface area contributed by atoms with E-state index in [0.717, 1.165) is 31.9 Å². The van der Waals surface area contributed by atoms with E-state index in [4.69, 9.17) is 5.11 Å². The van der Waals surface area contributed by atoms with Gasteiger partial charge in [0, 0.05) is 11.5 Å². The van der Waals surface area contributed by atoms with Gasteiger partial charge in [-0.05, 0) is 31.6 Å². The third-order valence-electron chi connectivity index (χ3n) is 2.96. The smallest absolute Gasteiger partial charge is 0.165 e. The number of Topliss-reactive ketones (excluding diaryl/α,β-unsaturated/α-hetero) is 1. The van der Waals surface area contributed by atoms with E-state index >= 15 is 0 Å². The van der Waals surface area contributed by atoms with Crippen molar-refractivity contribution < 1.29 is 9.90 Å². The molecular formula is C9H12O2. The van der Waals surface area contributed by atoms with E-state index in [1.165, 1.54) is 0 Å². The molecule has 0 aliphatic heterocycles. The number of hydrogen-bond donors (Lipinski definition) is 1. The van der Waals surface area contributed by atoms with E-state index < -0.39 is 0 Å². The molecule has 1 N–H and O–H groups in total. The molecule has 0 spiro atoms. The minimum atomic E-state index is 0.204. The van der Waals surface area contributed by atoms with Crippen molar-refractivity contribution in [3.05, 3.63) is 11.8 Å². The summed E-state index contributed by atoms with van der Waals surface area (Å²) in [6.07, 6.45) is 5.31. The van der Waals surface area contributed by atoms with E-state index in [9.17, 15) is 4.79 Å². The van der Waals surface area contributed by atoms with Gasteiger partial charge in [-0.25, -0.2) is 0 Å². The molecule has 3 fully saturated rings. The first-order chi connectivity index (χ1) is 5.33. The monoisotopic (exact) mass is 152 g/mol. The Balaban J connectivity index is 2.30. The highest BCUT2D eigenvalue weighted by atomic mass is 16.2. The fourth-order valence-electron chi connectivity index (χ4n) is 2.27. The average Bonchev–Trinajstić information content (AvgIpc) is 2.06. The Kier molecular flexibility index (Phi) is 1.48. The Morgan fingerprint density at radius 2 is 1.73 bits per heavy atom. The van der Waals surface area contributed by atoms with E-state index in [1.807, 2.05) is 0 Å². The highest BCUT2D eigenvalue weighted by Crippen LogP contribution is 2.41. The van der Waals surface area contributed by atoms with Crippen LogP contribution in [-0.2, 0) is 4.79 Å². The van der Waals surface area contributed by atoms with Gasteiger partial charge in [-0.15, -0.1) is 0 Å². The lowest BCUT2D eigenvalue weighted by molar-refractivity contribution is -0.123. The molecule has 0 aromatic carbocycles. The van der Waals surface area contributed by atoms with Crippen LogP contribution in [0.2, 0.25) is 0 Å². The van der Waals surface area contributed by atoms with Gasteiger partial charge in [-0.3, -0.25) is 4.79 Å². The molecule has 0 saturated heterocycles. The summed E-state index contributed by atoms with van der Waals surface area (Å²) in [4.78, 5) is 11.4. The van der Waals surface area contributed by atoms with Crippen molar-refractivity contribution in [1.82, 2.24) is 0 Å². The van der Waals surface area contributed by atoms with Crippen LogP contribution in [0.15, 0.2) is 11.8 Å². The number of aliphatic hydroxyl groups is 1. The van der Waals surface area contributed by atoms with Gasteiger partial charge in [0.05, 0.1) is 6.26 Å². The summed E-state index contributed by atoms with van der Waals surface area (Å²) >= 11 is 0. The number of hydrogen-bond acceptors (Lipinski definition) is 2. The molecule has 60 valence electrons. The van der Waals surface area contributed by atoms with Crippen LogP contribution in [0.5, 0.6) is 0 Å². The van der Waals surface area contributed by atoms with Gasteiger partial charge in [0.25, 0.3) is 0 Å². The molecule has 0 atom stereocenters. The van der Waals surface area contributed by atoms with E-state index in [-0.39, 0.29) is 11.7 Å². The molecule has 2 bridgehead atoms. The van der Waals surface area contributed by atoms with E-state index in [1.54, 1.807) is 0 Å². The summed E-state index contributed by atoms with van der Waals surface area (Å²) in [5.74, 6) is 0.811. The van der Waals surface area contributed by atoms with Gasteiger partial charge in [-0.1, -0.05) is 0 Å². The summed E-state index contributed by atoms with van der Waals surface area (Å²) in [5.41, 5.74) is 0.688. The fourth-order valence-corrected chi connectivity index (χ4v) is 2.27. The maximum atomic E-state index is 11.4. The lowest BCUT2D eigenvalue weighted by atomic mass is 9.67. The molecule has 2 nitrogen and oxygen atoms in total. The predicted molar refractivity (Wildman–Crippen MR) is 41.2 cm³/mol. The van der Waals surface area contributed by atoms with Crippen LogP contribution in [0.3, 0.4) is 0 Å². The zero-order chi connectivity index (χ0) is 7.84. The average molecular weight is 152 g/mol. The molecule has 2 heteroatoms. The summed E-state index contributed by atoms with van der Waals surface area (Å²) in [7, 11) is 0. The number of fused-ring (bicyclic) bond motifs is 3. The first-order valence-electron chi connectivity index (χ1n) is 4.21. The van der Waals surface area contributed by atoms with Crippen molar-refractivity contribution in [3.63, 3.8) is 0 Å². The number of aliphatic hydroxyl groups excluding tert-OH is 1. The Morgan fingerprint density at radius 1 is 1.18 bits per heavy atom. The number of allylic oxidation sites excluding steroid dienone is 1. The summed E-state index contributed by atoms with van der Waals surface area (Å²) < 4.78 is 0. The van der Waals surface area contributed by atoms with Crippen LogP contribution in [0.4, 0.5) is 0 Å². The second-order valence-corrected chi connectivity index (χ2v) is 3.50. The molecule has 3 rings (SSSR count). The van der Waals surface area contributed by atoms with Crippen LogP contribution < -0.4 is 0 Å². The van der Waals surface area contributed by atoms with Crippen LogP contribution in [0.25, 0.3) is 0 Å². The lowest BCUT2D eigenvalue weighted by Crippen LogP contribution is -2.33. The van der Waals surface area contributed by atoms with E-state index in [0.29, 0.717) is 11.5 Å². The quantitative estimate of drug-likeness (QED) is 0.424.